The first-order valence-corrected chi connectivity index (χ1v) is 4.40. The van der Waals surface area contributed by atoms with E-state index in [1.165, 1.54) is 0 Å². The fraction of sp³-hybridized carbons (Fsp3) is 0.222. The average molecular weight is 216 g/mol. The highest BCUT2D eigenvalue weighted by Crippen LogP contribution is 2.28. The maximum absolute atomic E-state index is 8.50. The zero-order valence-corrected chi connectivity index (χ0v) is 8.43. The molecule has 68 valence electrons. The largest absolute Gasteiger partial charge is 0.474 e. The zero-order valence-electron chi connectivity index (χ0n) is 6.92. The molecule has 0 aliphatic carbocycles. The molecule has 0 aliphatic heterocycles. The van der Waals surface area contributed by atoms with Crippen LogP contribution in [0.2, 0.25) is 10.0 Å². The van der Waals surface area contributed by atoms with Gasteiger partial charge in [0.15, 0.2) is 6.10 Å². The van der Waals surface area contributed by atoms with Crippen molar-refractivity contribution in [2.75, 3.05) is 0 Å². The lowest BCUT2D eigenvalue weighted by Crippen LogP contribution is -2.08. The van der Waals surface area contributed by atoms with Crippen molar-refractivity contribution in [2.45, 2.75) is 13.0 Å². The first kappa shape index (κ1) is 10.2. The number of nitriles is 1. The molecule has 0 amide bonds. The minimum Gasteiger partial charge on any atom is -0.474 e. The maximum Gasteiger partial charge on any atom is 0.181 e. The van der Waals surface area contributed by atoms with Gasteiger partial charge in [-0.05, 0) is 25.1 Å². The molecule has 13 heavy (non-hydrogen) atoms. The number of benzene rings is 1. The van der Waals surface area contributed by atoms with Gasteiger partial charge in [-0.2, -0.15) is 5.26 Å². The van der Waals surface area contributed by atoms with Gasteiger partial charge >= 0.3 is 0 Å². The summed E-state index contributed by atoms with van der Waals surface area (Å²) >= 11 is 11.5. The number of rotatable bonds is 2. The molecule has 0 heterocycles. The van der Waals surface area contributed by atoms with Gasteiger partial charge in [-0.3, -0.25) is 0 Å². The lowest BCUT2D eigenvalue weighted by atomic mass is 10.3. The fourth-order valence-corrected chi connectivity index (χ4v) is 1.24. The van der Waals surface area contributed by atoms with Gasteiger partial charge in [0.25, 0.3) is 0 Å². The molecule has 0 radical (unpaired) electrons. The molecule has 0 bridgehead atoms. The van der Waals surface area contributed by atoms with E-state index in [4.69, 9.17) is 33.2 Å². The molecule has 0 aliphatic rings. The minimum atomic E-state index is -0.515. The molecular weight excluding hydrogens is 209 g/mol. The summed E-state index contributed by atoms with van der Waals surface area (Å²) in [5.41, 5.74) is 0. The van der Waals surface area contributed by atoms with Gasteiger partial charge in [0.1, 0.15) is 11.8 Å². The van der Waals surface area contributed by atoms with Crippen molar-refractivity contribution < 1.29 is 4.74 Å². The lowest BCUT2D eigenvalue weighted by molar-refractivity contribution is 0.276. The number of ether oxygens (including phenoxy) is 1. The molecule has 1 unspecified atom stereocenters. The van der Waals surface area contributed by atoms with E-state index in [1.54, 1.807) is 25.1 Å². The minimum absolute atomic E-state index is 0.412. The summed E-state index contributed by atoms with van der Waals surface area (Å²) in [5, 5.41) is 9.45. The van der Waals surface area contributed by atoms with Crippen molar-refractivity contribution >= 4 is 23.2 Å². The van der Waals surface area contributed by atoms with Crippen LogP contribution >= 0.6 is 23.2 Å². The molecule has 0 fully saturated rings. The van der Waals surface area contributed by atoms with Crippen molar-refractivity contribution in [3.8, 4) is 11.8 Å². The van der Waals surface area contributed by atoms with Crippen LogP contribution in [-0.2, 0) is 0 Å². The van der Waals surface area contributed by atoms with E-state index in [0.29, 0.717) is 15.8 Å². The van der Waals surface area contributed by atoms with Crippen molar-refractivity contribution in [1.82, 2.24) is 0 Å². The topological polar surface area (TPSA) is 33.0 Å². The third kappa shape index (κ3) is 2.80. The number of nitrogens with zero attached hydrogens (tertiary/aromatic N) is 1. The van der Waals surface area contributed by atoms with Crippen LogP contribution in [0.1, 0.15) is 6.92 Å². The van der Waals surface area contributed by atoms with Gasteiger partial charge in [-0.1, -0.05) is 23.2 Å². The zero-order chi connectivity index (χ0) is 9.84. The maximum atomic E-state index is 8.50. The smallest absolute Gasteiger partial charge is 0.181 e. The second-order valence-electron chi connectivity index (χ2n) is 2.46. The van der Waals surface area contributed by atoms with Crippen molar-refractivity contribution in [2.24, 2.45) is 0 Å². The quantitative estimate of drug-likeness (QED) is 0.759. The summed E-state index contributed by atoms with van der Waals surface area (Å²) < 4.78 is 5.20. The van der Waals surface area contributed by atoms with Crippen molar-refractivity contribution in [3.05, 3.63) is 28.2 Å². The highest BCUT2D eigenvalue weighted by molar-refractivity contribution is 6.35. The van der Waals surface area contributed by atoms with E-state index in [2.05, 4.69) is 0 Å². The molecule has 4 heteroatoms. The Hall–Kier alpha value is -0.910. The molecule has 0 N–H and O–H groups in total. The Bertz CT molecular complexity index is 346. The molecule has 2 nitrogen and oxygen atoms in total. The normalized spacial score (nSPS) is 11.8. The van der Waals surface area contributed by atoms with Crippen LogP contribution in [0.4, 0.5) is 0 Å². The lowest BCUT2D eigenvalue weighted by Gasteiger charge is -2.08. The number of halogens is 2. The van der Waals surface area contributed by atoms with E-state index in [9.17, 15) is 0 Å². The summed E-state index contributed by atoms with van der Waals surface area (Å²) in [6, 6.07) is 6.81. The van der Waals surface area contributed by atoms with Crippen LogP contribution in [0, 0.1) is 11.3 Å². The Morgan fingerprint density at radius 2 is 2.15 bits per heavy atom. The Labute approximate surface area is 86.6 Å². The molecule has 1 aromatic rings. The third-order valence-corrected chi connectivity index (χ3v) is 1.91. The predicted octanol–water partition coefficient (Wildman–Crippen LogP) is 3.28. The van der Waals surface area contributed by atoms with Crippen LogP contribution in [0.15, 0.2) is 18.2 Å². The molecule has 1 aromatic carbocycles. The Balaban J connectivity index is 2.85. The van der Waals surface area contributed by atoms with E-state index < -0.39 is 6.10 Å². The third-order valence-electron chi connectivity index (χ3n) is 1.38. The standard InChI is InChI=1S/C9H7Cl2NO/c1-6(5-12)13-9-3-2-7(10)4-8(9)11/h2-4,6H,1H3. The van der Waals surface area contributed by atoms with E-state index in [0.717, 1.165) is 0 Å². The fourth-order valence-electron chi connectivity index (χ4n) is 0.788. The summed E-state index contributed by atoms with van der Waals surface area (Å²) in [5.74, 6) is 0.472. The second kappa shape index (κ2) is 4.36. The second-order valence-corrected chi connectivity index (χ2v) is 3.31. The van der Waals surface area contributed by atoms with Crippen LogP contribution < -0.4 is 4.74 Å². The Morgan fingerprint density at radius 3 is 2.69 bits per heavy atom. The highest BCUT2D eigenvalue weighted by Gasteiger charge is 2.05. The van der Waals surface area contributed by atoms with Crippen molar-refractivity contribution in [3.63, 3.8) is 0 Å². The van der Waals surface area contributed by atoms with Gasteiger partial charge in [-0.25, -0.2) is 0 Å². The van der Waals surface area contributed by atoms with Gasteiger partial charge < -0.3 is 4.74 Å². The Morgan fingerprint density at radius 1 is 1.46 bits per heavy atom. The molecule has 0 aromatic heterocycles. The van der Waals surface area contributed by atoms with Crippen LogP contribution in [0.25, 0.3) is 0 Å². The number of hydrogen-bond donors (Lipinski definition) is 0. The average Bonchev–Trinajstić information content (AvgIpc) is 2.09. The van der Waals surface area contributed by atoms with Gasteiger partial charge in [0, 0.05) is 5.02 Å². The molecule has 0 spiro atoms. The first-order chi connectivity index (χ1) is 6.13. The molecule has 1 atom stereocenters. The van der Waals surface area contributed by atoms with Crippen LogP contribution in [-0.4, -0.2) is 6.10 Å². The molecular formula is C9H7Cl2NO. The van der Waals surface area contributed by atoms with Crippen molar-refractivity contribution in [1.29, 1.82) is 5.26 Å². The predicted molar refractivity (Wildman–Crippen MR) is 52.2 cm³/mol. The SMILES string of the molecule is CC(C#N)Oc1ccc(Cl)cc1Cl. The van der Waals surface area contributed by atoms with Gasteiger partial charge in [0.05, 0.1) is 5.02 Å². The van der Waals surface area contributed by atoms with Crippen LogP contribution in [0.3, 0.4) is 0 Å². The highest BCUT2D eigenvalue weighted by atomic mass is 35.5. The van der Waals surface area contributed by atoms with Gasteiger partial charge in [0.2, 0.25) is 0 Å². The Kier molecular flexibility index (Phi) is 3.41. The van der Waals surface area contributed by atoms with Crippen LogP contribution in [0.5, 0.6) is 5.75 Å². The van der Waals surface area contributed by atoms with Gasteiger partial charge in [-0.15, -0.1) is 0 Å². The summed E-state index contributed by atoms with van der Waals surface area (Å²) in [7, 11) is 0. The molecule has 0 saturated heterocycles. The summed E-state index contributed by atoms with van der Waals surface area (Å²) in [6.07, 6.45) is -0.515. The summed E-state index contributed by atoms with van der Waals surface area (Å²) in [4.78, 5) is 0. The van der Waals surface area contributed by atoms with E-state index in [-0.39, 0.29) is 0 Å². The van der Waals surface area contributed by atoms with E-state index >= 15 is 0 Å². The molecule has 0 saturated carbocycles. The first-order valence-electron chi connectivity index (χ1n) is 3.65. The summed E-state index contributed by atoms with van der Waals surface area (Å²) in [6.45, 7) is 1.64. The molecule has 1 rings (SSSR count). The monoisotopic (exact) mass is 215 g/mol. The number of hydrogen-bond acceptors (Lipinski definition) is 2. The van der Waals surface area contributed by atoms with E-state index in [1.807, 2.05) is 6.07 Å².